The van der Waals surface area contributed by atoms with E-state index < -0.39 is 0 Å². The number of hydrogen-bond acceptors (Lipinski definition) is 1. The predicted molar refractivity (Wildman–Crippen MR) is 108 cm³/mol. The Morgan fingerprint density at radius 1 is 0.926 bits per heavy atom. The number of nitrogens with zero attached hydrogens (tertiary/aromatic N) is 1. The van der Waals surface area contributed by atoms with E-state index in [1.807, 2.05) is 0 Å². The normalized spacial score (nSPS) is 9.78. The first kappa shape index (κ1) is 28.8. The standard InChI is InChI=1S/C13H16N.C10H15.2ClH.Zr/c1-14(2)8-7-11-9-12-5-3-4-6-13(12)10-11;1-6-7(2)9(4)10(5)8(6)3;;;/h3-6,9-10H,7-8H2,1-2H3;1-5H3;2*1H;/q2*-1;;;+4/p-2. The maximum Gasteiger partial charge on any atom is 4.00 e. The molecule has 1 nitrogen and oxygen atoms in total. The van der Waals surface area contributed by atoms with Crippen molar-refractivity contribution in [1.82, 2.24) is 4.90 Å². The fraction of sp³-hybridized carbons (Fsp3) is 0.391. The third kappa shape index (κ3) is 7.50. The zero-order valence-electron chi connectivity index (χ0n) is 17.6. The van der Waals surface area contributed by atoms with Gasteiger partial charge in [-0.15, -0.1) is 40.6 Å². The molecule has 0 amide bonds. The summed E-state index contributed by atoms with van der Waals surface area (Å²) < 4.78 is 0. The van der Waals surface area contributed by atoms with E-state index in [1.165, 1.54) is 44.2 Å². The molecule has 0 radical (unpaired) electrons. The molecule has 3 aromatic rings. The Balaban J connectivity index is 0. The number of rotatable bonds is 3. The largest absolute Gasteiger partial charge is 4.00 e. The van der Waals surface area contributed by atoms with Crippen molar-refractivity contribution < 1.29 is 51.0 Å². The molecule has 0 bridgehead atoms. The molecule has 4 heteroatoms. The molecule has 0 aliphatic heterocycles. The van der Waals surface area contributed by atoms with Gasteiger partial charge in [-0.25, -0.2) is 0 Å². The first-order valence-electron chi connectivity index (χ1n) is 8.80. The summed E-state index contributed by atoms with van der Waals surface area (Å²) in [6.07, 6.45) is 1.14. The maximum absolute atomic E-state index is 2.29. The Bertz CT molecular complexity index is 702. The Kier molecular flexibility index (Phi) is 13.8. The molecule has 0 spiro atoms. The van der Waals surface area contributed by atoms with Gasteiger partial charge in [0.2, 0.25) is 0 Å². The second-order valence-electron chi connectivity index (χ2n) is 7.17. The zero-order valence-corrected chi connectivity index (χ0v) is 21.6. The summed E-state index contributed by atoms with van der Waals surface area (Å²) in [5, 5.41) is 2.72. The minimum atomic E-state index is 0. The molecule has 0 saturated carbocycles. The van der Waals surface area contributed by atoms with Crippen LogP contribution in [-0.2, 0) is 32.6 Å². The van der Waals surface area contributed by atoms with E-state index in [-0.39, 0.29) is 51.0 Å². The van der Waals surface area contributed by atoms with Crippen LogP contribution in [0.3, 0.4) is 0 Å². The summed E-state index contributed by atoms with van der Waals surface area (Å²) in [6, 6.07) is 13.1. The van der Waals surface area contributed by atoms with E-state index in [2.05, 4.69) is 90.0 Å². The van der Waals surface area contributed by atoms with Gasteiger partial charge in [-0.1, -0.05) is 40.7 Å². The van der Waals surface area contributed by atoms with E-state index in [0.29, 0.717) is 0 Å². The molecular weight excluding hydrogens is 452 g/mol. The van der Waals surface area contributed by atoms with Gasteiger partial charge in [0.15, 0.2) is 0 Å². The van der Waals surface area contributed by atoms with Gasteiger partial charge in [0.1, 0.15) is 0 Å². The number of fused-ring (bicyclic) bond motifs is 1. The number of halogens is 2. The van der Waals surface area contributed by atoms with E-state index in [4.69, 9.17) is 0 Å². The van der Waals surface area contributed by atoms with Gasteiger partial charge in [0.05, 0.1) is 0 Å². The predicted octanol–water partition coefficient (Wildman–Crippen LogP) is -0.384. The van der Waals surface area contributed by atoms with E-state index in [0.717, 1.165) is 13.0 Å². The molecule has 0 fully saturated rings. The first-order valence-corrected chi connectivity index (χ1v) is 8.80. The molecular formula is C23H31Cl2NZr. The van der Waals surface area contributed by atoms with Gasteiger partial charge in [-0.3, -0.25) is 0 Å². The number of hydrogen-bond donors (Lipinski definition) is 0. The summed E-state index contributed by atoms with van der Waals surface area (Å²) in [5.74, 6) is 0. The summed E-state index contributed by atoms with van der Waals surface area (Å²) >= 11 is 0. The number of benzene rings is 1. The molecule has 146 valence electrons. The van der Waals surface area contributed by atoms with Crippen LogP contribution in [0.25, 0.3) is 10.8 Å². The third-order valence-electron chi connectivity index (χ3n) is 5.34. The van der Waals surface area contributed by atoms with Crippen molar-refractivity contribution in [2.75, 3.05) is 20.6 Å². The van der Waals surface area contributed by atoms with Crippen LogP contribution in [0.2, 0.25) is 0 Å². The maximum atomic E-state index is 2.29. The van der Waals surface area contributed by atoms with E-state index in [9.17, 15) is 0 Å². The van der Waals surface area contributed by atoms with Crippen LogP contribution in [0, 0.1) is 34.6 Å². The summed E-state index contributed by atoms with van der Waals surface area (Å²) in [7, 11) is 4.23. The smallest absolute Gasteiger partial charge is 1.00 e. The number of likely N-dealkylation sites (N-methyl/N-ethyl adjacent to an activating group) is 1. The van der Waals surface area contributed by atoms with Crippen molar-refractivity contribution >= 4 is 10.8 Å². The molecule has 0 N–H and O–H groups in total. The Morgan fingerprint density at radius 2 is 1.44 bits per heavy atom. The van der Waals surface area contributed by atoms with Crippen molar-refractivity contribution in [3.63, 3.8) is 0 Å². The SMILES string of the molecule is CN(C)CCc1cc2ccccc2[cH-]1.Cc1c(C)c(C)[c-](C)c1C.[Cl-].[Cl-].[Zr+4]. The van der Waals surface area contributed by atoms with Crippen LogP contribution in [0.15, 0.2) is 36.4 Å². The van der Waals surface area contributed by atoms with Gasteiger partial charge in [-0.05, 0) is 20.5 Å². The molecule has 27 heavy (non-hydrogen) atoms. The topological polar surface area (TPSA) is 3.24 Å². The average Bonchev–Trinajstić information content (AvgIpc) is 3.06. The van der Waals surface area contributed by atoms with Gasteiger partial charge in [-0.2, -0.15) is 33.9 Å². The van der Waals surface area contributed by atoms with E-state index >= 15 is 0 Å². The van der Waals surface area contributed by atoms with Crippen LogP contribution in [0.4, 0.5) is 0 Å². The second kappa shape index (κ2) is 12.9. The fourth-order valence-corrected chi connectivity index (χ4v) is 3.12. The van der Waals surface area contributed by atoms with E-state index in [1.54, 1.807) is 0 Å². The molecule has 0 aromatic heterocycles. The van der Waals surface area contributed by atoms with Crippen molar-refractivity contribution in [3.8, 4) is 0 Å². The van der Waals surface area contributed by atoms with Crippen LogP contribution in [0.5, 0.6) is 0 Å². The Hall–Kier alpha value is -0.397. The van der Waals surface area contributed by atoms with Crippen molar-refractivity contribution in [1.29, 1.82) is 0 Å². The van der Waals surface area contributed by atoms with Gasteiger partial charge in [0.25, 0.3) is 0 Å². The molecule has 0 aliphatic carbocycles. The van der Waals surface area contributed by atoms with Gasteiger partial charge >= 0.3 is 26.2 Å². The molecule has 0 atom stereocenters. The van der Waals surface area contributed by atoms with Crippen LogP contribution < -0.4 is 24.8 Å². The zero-order chi connectivity index (χ0) is 17.9. The Labute approximate surface area is 197 Å². The molecule has 3 rings (SSSR count). The van der Waals surface area contributed by atoms with Crippen molar-refractivity contribution in [3.05, 3.63) is 69.8 Å². The fourth-order valence-electron chi connectivity index (χ4n) is 3.12. The summed E-state index contributed by atoms with van der Waals surface area (Å²) in [4.78, 5) is 2.22. The average molecular weight is 484 g/mol. The Morgan fingerprint density at radius 3 is 1.85 bits per heavy atom. The second-order valence-corrected chi connectivity index (χ2v) is 7.17. The van der Waals surface area contributed by atoms with Crippen LogP contribution in [0.1, 0.15) is 33.4 Å². The molecule has 0 heterocycles. The van der Waals surface area contributed by atoms with Gasteiger partial charge in [0, 0.05) is 6.54 Å². The molecule has 0 saturated heterocycles. The minimum absolute atomic E-state index is 0. The van der Waals surface area contributed by atoms with Gasteiger partial charge < -0.3 is 29.7 Å². The monoisotopic (exact) mass is 481 g/mol. The van der Waals surface area contributed by atoms with Crippen molar-refractivity contribution in [2.24, 2.45) is 0 Å². The summed E-state index contributed by atoms with van der Waals surface area (Å²) in [6.45, 7) is 12.1. The quantitative estimate of drug-likeness (QED) is 0.459. The molecule has 0 aliphatic rings. The first-order chi connectivity index (χ1) is 11.3. The van der Waals surface area contributed by atoms with Crippen LogP contribution in [-0.4, -0.2) is 25.5 Å². The third-order valence-corrected chi connectivity index (χ3v) is 5.34. The summed E-state index contributed by atoms with van der Waals surface area (Å²) in [5.41, 5.74) is 8.78. The molecule has 3 aromatic carbocycles. The van der Waals surface area contributed by atoms with Crippen LogP contribution >= 0.6 is 0 Å². The van der Waals surface area contributed by atoms with Crippen molar-refractivity contribution in [2.45, 2.75) is 41.0 Å². The minimum Gasteiger partial charge on any atom is -1.00 e. The molecule has 0 unspecified atom stereocenters.